The Hall–Kier alpha value is -0.130. The third kappa shape index (κ3) is 4.23. The zero-order valence-electron chi connectivity index (χ0n) is 8.95. The summed E-state index contributed by atoms with van der Waals surface area (Å²) in [6.07, 6.45) is -6.02. The van der Waals surface area contributed by atoms with Crippen LogP contribution in [0.3, 0.4) is 0 Å². The van der Waals surface area contributed by atoms with Crippen molar-refractivity contribution in [2.45, 2.75) is 50.1 Å². The molecule has 1 rings (SSSR count). The van der Waals surface area contributed by atoms with Gasteiger partial charge in [0.2, 0.25) is 0 Å². The van der Waals surface area contributed by atoms with E-state index in [0.29, 0.717) is 12.8 Å². The van der Waals surface area contributed by atoms with Crippen LogP contribution < -0.4 is 9.79 Å². The first-order chi connectivity index (χ1) is 7.62. The first kappa shape index (κ1) is 14.9. The summed E-state index contributed by atoms with van der Waals surface area (Å²) >= 11 is 0. The van der Waals surface area contributed by atoms with Crippen molar-refractivity contribution in [3.63, 3.8) is 0 Å². The molecule has 3 nitrogen and oxygen atoms in total. The molecular weight excluding hydrogens is 263 g/mol. The van der Waals surface area contributed by atoms with Gasteiger partial charge in [-0.25, -0.2) is 4.39 Å². The van der Waals surface area contributed by atoms with Crippen LogP contribution in [0.25, 0.3) is 0 Å². The van der Waals surface area contributed by atoms with Gasteiger partial charge in [-0.1, -0.05) is 20.4 Å². The summed E-state index contributed by atoms with van der Waals surface area (Å²) in [5, 5.41) is 0. The molecule has 0 spiro atoms. The summed E-state index contributed by atoms with van der Waals surface area (Å²) in [5.41, 5.74) is -2.96. The summed E-state index contributed by atoms with van der Waals surface area (Å²) in [6.45, 7) is 0. The van der Waals surface area contributed by atoms with Crippen LogP contribution in [0.2, 0.25) is 0 Å². The quantitative estimate of drug-likeness (QED) is 0.582. The number of halogens is 4. The van der Waals surface area contributed by atoms with Gasteiger partial charge in [0.05, 0.1) is 5.66 Å². The molecule has 0 aliphatic heterocycles. The Kier molecular flexibility index (Phi) is 4.60. The zero-order chi connectivity index (χ0) is 13.3. The highest BCUT2D eigenvalue weighted by molar-refractivity contribution is 7.49. The average molecular weight is 276 g/mol. The minimum absolute atomic E-state index is 0.136. The maximum absolute atomic E-state index is 13.3. The van der Waals surface area contributed by atoms with E-state index in [4.69, 9.17) is 0 Å². The molecule has 0 aromatic carbocycles. The second-order valence-corrected chi connectivity index (χ2v) is 6.10. The second-order valence-electron chi connectivity index (χ2n) is 4.39. The summed E-state index contributed by atoms with van der Waals surface area (Å²) < 4.78 is 61.1. The van der Waals surface area contributed by atoms with Crippen LogP contribution in [0.15, 0.2) is 0 Å². The third-order valence-corrected chi connectivity index (χ3v) is 4.37. The fourth-order valence-electron chi connectivity index (χ4n) is 2.16. The van der Waals surface area contributed by atoms with Crippen LogP contribution in [0, 0.1) is 5.92 Å². The molecule has 1 aliphatic carbocycles. The van der Waals surface area contributed by atoms with Crippen molar-refractivity contribution < 1.29 is 31.9 Å². The topological polar surface area (TPSA) is 63.2 Å². The summed E-state index contributed by atoms with van der Waals surface area (Å²) in [7, 11) is -5.78. The first-order valence-corrected chi connectivity index (χ1v) is 6.96. The Morgan fingerprint density at radius 3 is 2.18 bits per heavy atom. The smallest absolute Gasteiger partial charge is 0.396 e. The van der Waals surface area contributed by atoms with Crippen molar-refractivity contribution in [2.24, 2.45) is 5.92 Å². The second kappa shape index (κ2) is 5.24. The Bertz CT molecular complexity index is 301. The van der Waals surface area contributed by atoms with Crippen LogP contribution in [0.5, 0.6) is 0 Å². The molecule has 3 atom stereocenters. The standard InChI is InChI=1S/C9H15F4O3P/c10-7-4-2-1-3-6(7)5-8(9(11,12)13)17(14,15)16/h6-8H,1-5H2,(H2,14,15,16)/p-2. The molecule has 3 unspecified atom stereocenters. The van der Waals surface area contributed by atoms with E-state index >= 15 is 0 Å². The van der Waals surface area contributed by atoms with Gasteiger partial charge in [0.15, 0.2) is 0 Å². The largest absolute Gasteiger partial charge is 0.810 e. The monoisotopic (exact) mass is 276 g/mol. The van der Waals surface area contributed by atoms with Crippen molar-refractivity contribution in [2.75, 3.05) is 0 Å². The minimum Gasteiger partial charge on any atom is -0.810 e. The van der Waals surface area contributed by atoms with Gasteiger partial charge in [-0.3, -0.25) is 0 Å². The average Bonchev–Trinajstić information content (AvgIpc) is 2.12. The van der Waals surface area contributed by atoms with Crippen molar-refractivity contribution in [3.05, 3.63) is 0 Å². The summed E-state index contributed by atoms with van der Waals surface area (Å²) in [4.78, 5) is 21.2. The van der Waals surface area contributed by atoms with Gasteiger partial charge in [0, 0.05) is 0 Å². The molecule has 8 heteroatoms. The number of alkyl halides is 4. The van der Waals surface area contributed by atoms with Crippen molar-refractivity contribution in [1.82, 2.24) is 0 Å². The fourth-order valence-corrected chi connectivity index (χ4v) is 3.04. The highest BCUT2D eigenvalue weighted by atomic mass is 31.2. The molecule has 0 heterocycles. The molecule has 0 amide bonds. The molecule has 1 saturated carbocycles. The fraction of sp³-hybridized carbons (Fsp3) is 1.00. The number of hydrogen-bond donors (Lipinski definition) is 0. The molecule has 0 N–H and O–H groups in total. The van der Waals surface area contributed by atoms with Gasteiger partial charge in [-0.05, 0) is 25.2 Å². The lowest BCUT2D eigenvalue weighted by molar-refractivity contribution is -0.325. The molecule has 102 valence electrons. The van der Waals surface area contributed by atoms with Crippen LogP contribution in [0.1, 0.15) is 32.1 Å². The van der Waals surface area contributed by atoms with Crippen LogP contribution in [-0.2, 0) is 4.57 Å². The van der Waals surface area contributed by atoms with E-state index in [9.17, 15) is 31.9 Å². The lowest BCUT2D eigenvalue weighted by Gasteiger charge is -2.41. The highest BCUT2D eigenvalue weighted by Crippen LogP contribution is 2.47. The van der Waals surface area contributed by atoms with Gasteiger partial charge in [0.25, 0.3) is 0 Å². The molecule has 17 heavy (non-hydrogen) atoms. The maximum atomic E-state index is 13.3. The molecular formula is C9H13F4O3P-2. The zero-order valence-corrected chi connectivity index (χ0v) is 9.85. The lowest BCUT2D eigenvalue weighted by atomic mass is 9.84. The van der Waals surface area contributed by atoms with Crippen LogP contribution >= 0.6 is 7.60 Å². The Labute approximate surface area is 96.4 Å². The predicted octanol–water partition coefficient (Wildman–Crippen LogP) is 1.75. The van der Waals surface area contributed by atoms with E-state index in [0.717, 1.165) is 0 Å². The highest BCUT2D eigenvalue weighted by Gasteiger charge is 2.44. The number of hydrogen-bond acceptors (Lipinski definition) is 3. The van der Waals surface area contributed by atoms with E-state index in [2.05, 4.69) is 0 Å². The summed E-state index contributed by atoms with van der Waals surface area (Å²) in [6, 6.07) is 0. The van der Waals surface area contributed by atoms with E-state index in [1.807, 2.05) is 0 Å². The van der Waals surface area contributed by atoms with Gasteiger partial charge in [-0.2, -0.15) is 13.2 Å². The van der Waals surface area contributed by atoms with Gasteiger partial charge < -0.3 is 14.4 Å². The normalized spacial score (nSPS) is 29.1. The molecule has 0 radical (unpaired) electrons. The van der Waals surface area contributed by atoms with Crippen molar-refractivity contribution in [1.29, 1.82) is 0 Å². The SMILES string of the molecule is O=P([O-])([O-])C(CC1CCCCC1F)C(F)(F)F. The lowest BCUT2D eigenvalue weighted by Crippen LogP contribution is -2.40. The predicted molar refractivity (Wildman–Crippen MR) is 48.9 cm³/mol. The number of rotatable bonds is 3. The molecule has 0 saturated heterocycles. The Balaban J connectivity index is 2.76. The van der Waals surface area contributed by atoms with Crippen molar-refractivity contribution >= 4 is 7.60 Å². The van der Waals surface area contributed by atoms with E-state index in [1.165, 1.54) is 0 Å². The molecule has 1 aliphatic rings. The van der Waals surface area contributed by atoms with Crippen LogP contribution in [0.4, 0.5) is 17.6 Å². The van der Waals surface area contributed by atoms with Gasteiger partial charge in [0.1, 0.15) is 6.17 Å². The first-order valence-electron chi connectivity index (χ1n) is 5.35. The van der Waals surface area contributed by atoms with E-state index < -0.39 is 37.9 Å². The van der Waals surface area contributed by atoms with E-state index in [-0.39, 0.29) is 12.8 Å². The van der Waals surface area contributed by atoms with Crippen molar-refractivity contribution in [3.8, 4) is 0 Å². The van der Waals surface area contributed by atoms with Gasteiger partial charge >= 0.3 is 6.18 Å². The Morgan fingerprint density at radius 1 is 1.24 bits per heavy atom. The van der Waals surface area contributed by atoms with E-state index in [1.54, 1.807) is 0 Å². The van der Waals surface area contributed by atoms with Gasteiger partial charge in [-0.15, -0.1) is 0 Å². The van der Waals surface area contributed by atoms with Crippen LogP contribution in [-0.4, -0.2) is 18.0 Å². The maximum Gasteiger partial charge on any atom is 0.396 e. The molecule has 0 aromatic heterocycles. The summed E-state index contributed by atoms with van der Waals surface area (Å²) in [5.74, 6) is -0.980. The molecule has 0 aromatic rings. The molecule has 0 bridgehead atoms. The minimum atomic E-state index is -5.78. The third-order valence-electron chi connectivity index (χ3n) is 3.10. The molecule has 1 fully saturated rings. The Morgan fingerprint density at radius 2 is 1.76 bits per heavy atom.